The molecule has 2 aliphatic rings. The summed E-state index contributed by atoms with van der Waals surface area (Å²) in [4.78, 5) is 22.2. The monoisotopic (exact) mass is 387 g/mol. The molecule has 4 heterocycles. The number of hydrogen-bond acceptors (Lipinski definition) is 10. The topological polar surface area (TPSA) is 97.8 Å². The molecule has 2 aliphatic heterocycles. The van der Waals surface area contributed by atoms with Crippen molar-refractivity contribution >= 4 is 17.7 Å². The van der Waals surface area contributed by atoms with Gasteiger partial charge in [0.15, 0.2) is 0 Å². The quantitative estimate of drug-likeness (QED) is 0.767. The molecule has 0 aliphatic carbocycles. The van der Waals surface area contributed by atoms with Gasteiger partial charge in [-0.15, -0.1) is 0 Å². The van der Waals surface area contributed by atoms with Crippen LogP contribution in [0.2, 0.25) is 0 Å². The normalized spacial score (nSPS) is 19.6. The van der Waals surface area contributed by atoms with E-state index >= 15 is 0 Å². The smallest absolute Gasteiger partial charge is 0.232 e. The molecular formula is C18H25N7O3. The second kappa shape index (κ2) is 8.42. The molecule has 2 aromatic heterocycles. The van der Waals surface area contributed by atoms with Crippen molar-refractivity contribution < 1.29 is 14.2 Å². The van der Waals surface area contributed by atoms with Crippen LogP contribution in [0.4, 0.5) is 17.7 Å². The molecule has 10 nitrogen and oxygen atoms in total. The molecular weight excluding hydrogens is 362 g/mol. The third-order valence-electron chi connectivity index (χ3n) is 4.85. The van der Waals surface area contributed by atoms with Gasteiger partial charge in [0.05, 0.1) is 33.5 Å². The Morgan fingerprint density at radius 1 is 1.00 bits per heavy atom. The lowest BCUT2D eigenvalue weighted by atomic mass is 10.2. The summed E-state index contributed by atoms with van der Waals surface area (Å²) >= 11 is 0. The molecule has 0 spiro atoms. The predicted octanol–water partition coefficient (Wildman–Crippen LogP) is 0.811. The molecule has 2 aromatic rings. The number of methoxy groups -OCH3 is 2. The largest absolute Gasteiger partial charge is 0.481 e. The Labute approximate surface area is 163 Å². The van der Waals surface area contributed by atoms with Crippen LogP contribution in [0.25, 0.3) is 0 Å². The van der Waals surface area contributed by atoms with Crippen molar-refractivity contribution in [2.45, 2.75) is 12.5 Å². The number of morpholine rings is 1. The molecule has 0 amide bonds. The lowest BCUT2D eigenvalue weighted by Crippen LogP contribution is -2.37. The van der Waals surface area contributed by atoms with E-state index in [0.717, 1.165) is 44.4 Å². The average molecular weight is 387 g/mol. The Morgan fingerprint density at radius 2 is 1.75 bits per heavy atom. The maximum atomic E-state index is 5.40. The SMILES string of the molecule is COc1cc(OC)nc(N2CCC(Nc3ccnc(N4CCOCC4)n3)C2)n1. The zero-order chi connectivity index (χ0) is 19.3. The summed E-state index contributed by atoms with van der Waals surface area (Å²) in [5.74, 6) is 3.15. The van der Waals surface area contributed by atoms with Gasteiger partial charge in [-0.3, -0.25) is 0 Å². The molecule has 0 radical (unpaired) electrons. The molecule has 2 fully saturated rings. The third-order valence-corrected chi connectivity index (χ3v) is 4.85. The molecule has 1 atom stereocenters. The first kappa shape index (κ1) is 18.5. The van der Waals surface area contributed by atoms with E-state index in [-0.39, 0.29) is 6.04 Å². The number of anilines is 3. The first-order chi connectivity index (χ1) is 13.7. The van der Waals surface area contributed by atoms with Crippen molar-refractivity contribution in [2.75, 3.05) is 68.7 Å². The van der Waals surface area contributed by atoms with Crippen LogP contribution in [0.15, 0.2) is 18.3 Å². The van der Waals surface area contributed by atoms with Crippen molar-refractivity contribution in [3.05, 3.63) is 18.3 Å². The van der Waals surface area contributed by atoms with Crippen LogP contribution in [0.5, 0.6) is 11.8 Å². The van der Waals surface area contributed by atoms with Gasteiger partial charge < -0.3 is 29.3 Å². The van der Waals surface area contributed by atoms with Crippen molar-refractivity contribution in [3.8, 4) is 11.8 Å². The van der Waals surface area contributed by atoms with Crippen LogP contribution in [0.1, 0.15) is 6.42 Å². The summed E-state index contributed by atoms with van der Waals surface area (Å²) in [6, 6.07) is 3.81. The van der Waals surface area contributed by atoms with Gasteiger partial charge in [-0.05, 0) is 12.5 Å². The molecule has 150 valence electrons. The van der Waals surface area contributed by atoms with Gasteiger partial charge in [0.2, 0.25) is 23.7 Å². The van der Waals surface area contributed by atoms with E-state index in [9.17, 15) is 0 Å². The van der Waals surface area contributed by atoms with Crippen molar-refractivity contribution in [3.63, 3.8) is 0 Å². The highest BCUT2D eigenvalue weighted by atomic mass is 16.5. The van der Waals surface area contributed by atoms with Crippen molar-refractivity contribution in [1.82, 2.24) is 19.9 Å². The highest BCUT2D eigenvalue weighted by molar-refractivity contribution is 5.44. The van der Waals surface area contributed by atoms with Gasteiger partial charge >= 0.3 is 0 Å². The summed E-state index contributed by atoms with van der Waals surface area (Å²) in [6.45, 7) is 4.67. The molecule has 2 saturated heterocycles. The molecule has 1 unspecified atom stereocenters. The predicted molar refractivity (Wildman–Crippen MR) is 104 cm³/mol. The Kier molecular flexibility index (Phi) is 5.56. The minimum Gasteiger partial charge on any atom is -0.481 e. The van der Waals surface area contributed by atoms with Crippen LogP contribution in [0, 0.1) is 0 Å². The summed E-state index contributed by atoms with van der Waals surface area (Å²) in [7, 11) is 3.17. The highest BCUT2D eigenvalue weighted by Gasteiger charge is 2.26. The third kappa shape index (κ3) is 4.16. The van der Waals surface area contributed by atoms with Gasteiger partial charge in [-0.2, -0.15) is 15.0 Å². The Bertz CT molecular complexity index is 778. The van der Waals surface area contributed by atoms with Crippen LogP contribution < -0.4 is 24.6 Å². The van der Waals surface area contributed by atoms with Gasteiger partial charge in [0.1, 0.15) is 5.82 Å². The average Bonchev–Trinajstić information content (AvgIpc) is 3.22. The van der Waals surface area contributed by atoms with E-state index in [1.165, 1.54) is 0 Å². The van der Waals surface area contributed by atoms with Gasteiger partial charge in [0, 0.05) is 38.4 Å². The number of nitrogens with zero attached hydrogens (tertiary/aromatic N) is 6. The van der Waals surface area contributed by atoms with E-state index in [1.807, 2.05) is 6.07 Å². The summed E-state index contributed by atoms with van der Waals surface area (Å²) in [6.07, 6.45) is 2.75. The Hall–Kier alpha value is -2.88. The maximum Gasteiger partial charge on any atom is 0.232 e. The molecule has 0 bridgehead atoms. The fourth-order valence-electron chi connectivity index (χ4n) is 3.36. The number of ether oxygens (including phenoxy) is 3. The van der Waals surface area contributed by atoms with E-state index < -0.39 is 0 Å². The first-order valence-corrected chi connectivity index (χ1v) is 9.39. The fraction of sp³-hybridized carbons (Fsp3) is 0.556. The number of hydrogen-bond donors (Lipinski definition) is 1. The van der Waals surface area contributed by atoms with Gasteiger partial charge in [-0.1, -0.05) is 0 Å². The minimum atomic E-state index is 0.244. The number of rotatable bonds is 6. The zero-order valence-electron chi connectivity index (χ0n) is 16.2. The van der Waals surface area contributed by atoms with Crippen LogP contribution in [0.3, 0.4) is 0 Å². The number of nitrogens with one attached hydrogen (secondary N) is 1. The summed E-state index contributed by atoms with van der Waals surface area (Å²) < 4.78 is 15.9. The summed E-state index contributed by atoms with van der Waals surface area (Å²) in [5, 5.41) is 3.51. The lowest BCUT2D eigenvalue weighted by molar-refractivity contribution is 0.122. The van der Waals surface area contributed by atoms with Crippen molar-refractivity contribution in [1.29, 1.82) is 0 Å². The van der Waals surface area contributed by atoms with Crippen molar-refractivity contribution in [2.24, 2.45) is 0 Å². The molecule has 10 heteroatoms. The van der Waals surface area contributed by atoms with E-state index in [4.69, 9.17) is 14.2 Å². The minimum absolute atomic E-state index is 0.244. The molecule has 0 saturated carbocycles. The van der Waals surface area contributed by atoms with E-state index in [2.05, 4.69) is 35.1 Å². The summed E-state index contributed by atoms with van der Waals surface area (Å²) in [5.41, 5.74) is 0. The second-order valence-electron chi connectivity index (χ2n) is 6.67. The molecule has 28 heavy (non-hydrogen) atoms. The lowest BCUT2D eigenvalue weighted by Gasteiger charge is -2.27. The fourth-order valence-corrected chi connectivity index (χ4v) is 3.36. The van der Waals surface area contributed by atoms with Crippen LogP contribution >= 0.6 is 0 Å². The maximum absolute atomic E-state index is 5.40. The standard InChI is InChI=1S/C18H25N7O3/c1-26-15-11-16(27-2)23-18(22-15)25-6-4-13(12-25)20-14-3-5-19-17(21-14)24-7-9-28-10-8-24/h3,5,11,13H,4,6-10,12H2,1-2H3,(H,19,20,21). The van der Waals surface area contributed by atoms with E-state index in [1.54, 1.807) is 26.5 Å². The Morgan fingerprint density at radius 3 is 2.46 bits per heavy atom. The van der Waals surface area contributed by atoms with Crippen LogP contribution in [-0.2, 0) is 4.74 Å². The van der Waals surface area contributed by atoms with E-state index in [0.29, 0.717) is 30.9 Å². The van der Waals surface area contributed by atoms with Crippen LogP contribution in [-0.4, -0.2) is 79.6 Å². The highest BCUT2D eigenvalue weighted by Crippen LogP contribution is 2.24. The number of aromatic nitrogens is 4. The second-order valence-corrected chi connectivity index (χ2v) is 6.67. The zero-order valence-corrected chi connectivity index (χ0v) is 16.2. The molecule has 4 rings (SSSR count). The first-order valence-electron chi connectivity index (χ1n) is 9.39. The van der Waals surface area contributed by atoms with Gasteiger partial charge in [-0.25, -0.2) is 4.98 Å². The van der Waals surface area contributed by atoms with Gasteiger partial charge in [0.25, 0.3) is 0 Å². The molecule has 0 aromatic carbocycles. The Balaban J connectivity index is 1.41. The molecule has 1 N–H and O–H groups in total.